The summed E-state index contributed by atoms with van der Waals surface area (Å²) in [7, 11) is -3.52. The highest BCUT2D eigenvalue weighted by Crippen LogP contribution is 2.26. The Hall–Kier alpha value is -1.18. The molecule has 1 aliphatic heterocycles. The highest BCUT2D eigenvalue weighted by Gasteiger charge is 2.28. The molecule has 3 N–H and O–H groups in total. The van der Waals surface area contributed by atoms with E-state index in [-0.39, 0.29) is 4.90 Å². The molecule has 0 saturated carbocycles. The second-order valence-corrected chi connectivity index (χ2v) is 6.86. The fourth-order valence-electron chi connectivity index (χ4n) is 2.32. The molecular formula is C12H20N4O2S. The number of nitrogens with one attached hydrogen (secondary N) is 1. The maximum Gasteiger partial charge on any atom is 0.246 e. The van der Waals surface area contributed by atoms with Crippen LogP contribution in [0, 0.1) is 5.92 Å². The molecule has 1 fully saturated rings. The summed E-state index contributed by atoms with van der Waals surface area (Å²) < 4.78 is 26.8. The number of anilines is 1. The normalized spacial score (nSPS) is 21.9. The van der Waals surface area contributed by atoms with Crippen LogP contribution in [0.2, 0.25) is 0 Å². The molecule has 0 bridgehead atoms. The summed E-state index contributed by atoms with van der Waals surface area (Å²) in [4.78, 5) is 4.04. The van der Waals surface area contributed by atoms with Gasteiger partial charge in [-0.1, -0.05) is 6.92 Å². The number of nitrogens with zero attached hydrogens (tertiary/aromatic N) is 2. The van der Waals surface area contributed by atoms with Gasteiger partial charge in [-0.25, -0.2) is 8.42 Å². The second-order valence-electron chi connectivity index (χ2n) is 4.96. The topological polar surface area (TPSA) is 88.3 Å². The van der Waals surface area contributed by atoms with Crippen molar-refractivity contribution in [2.24, 2.45) is 11.8 Å². The Morgan fingerprint density at radius 2 is 2.21 bits per heavy atom. The maximum atomic E-state index is 12.6. The van der Waals surface area contributed by atoms with Gasteiger partial charge in [-0.15, -0.1) is 0 Å². The molecule has 0 aromatic carbocycles. The summed E-state index contributed by atoms with van der Waals surface area (Å²) >= 11 is 0. The first-order valence-electron chi connectivity index (χ1n) is 6.46. The molecule has 19 heavy (non-hydrogen) atoms. The van der Waals surface area contributed by atoms with E-state index in [1.54, 1.807) is 6.07 Å². The summed E-state index contributed by atoms with van der Waals surface area (Å²) in [5.41, 5.74) is 2.80. The third-order valence-corrected chi connectivity index (χ3v) is 5.46. The number of nitrogens with two attached hydrogens (primary N) is 1. The van der Waals surface area contributed by atoms with Crippen molar-refractivity contribution in [1.29, 1.82) is 0 Å². The van der Waals surface area contributed by atoms with Crippen LogP contribution in [0.3, 0.4) is 0 Å². The summed E-state index contributed by atoms with van der Waals surface area (Å²) in [6.07, 6.45) is 5.72. The SMILES string of the molecule is CC1CCCN(S(=O)(=O)c2cnccc2NN)CC1. The van der Waals surface area contributed by atoms with E-state index in [1.807, 2.05) is 0 Å². The van der Waals surface area contributed by atoms with Crippen molar-refractivity contribution >= 4 is 15.7 Å². The lowest BCUT2D eigenvalue weighted by Crippen LogP contribution is -2.33. The molecule has 2 heterocycles. The maximum absolute atomic E-state index is 12.6. The summed E-state index contributed by atoms with van der Waals surface area (Å²) in [6, 6.07) is 1.56. The minimum Gasteiger partial charge on any atom is -0.323 e. The first-order chi connectivity index (χ1) is 9.05. The number of rotatable bonds is 3. The smallest absolute Gasteiger partial charge is 0.246 e. The Balaban J connectivity index is 2.31. The van der Waals surface area contributed by atoms with Crippen molar-refractivity contribution in [2.45, 2.75) is 31.1 Å². The average Bonchev–Trinajstić information content (AvgIpc) is 2.64. The van der Waals surface area contributed by atoms with Crippen molar-refractivity contribution in [3.05, 3.63) is 18.5 Å². The molecule has 0 aliphatic carbocycles. The number of nitrogen functional groups attached to an aromatic ring is 1. The highest BCUT2D eigenvalue weighted by atomic mass is 32.2. The molecule has 1 unspecified atom stereocenters. The summed E-state index contributed by atoms with van der Waals surface area (Å²) in [5, 5.41) is 0. The van der Waals surface area contributed by atoms with Gasteiger partial charge in [0.05, 0.1) is 5.69 Å². The molecule has 6 nitrogen and oxygen atoms in total. The minimum absolute atomic E-state index is 0.145. The average molecular weight is 284 g/mol. The van der Waals surface area contributed by atoms with E-state index in [0.717, 1.165) is 19.3 Å². The van der Waals surface area contributed by atoms with Crippen LogP contribution in [0.25, 0.3) is 0 Å². The van der Waals surface area contributed by atoms with Crippen molar-refractivity contribution in [1.82, 2.24) is 9.29 Å². The van der Waals surface area contributed by atoms with Crippen molar-refractivity contribution in [3.8, 4) is 0 Å². The van der Waals surface area contributed by atoms with Gasteiger partial charge in [0.25, 0.3) is 0 Å². The molecule has 1 saturated heterocycles. The van der Waals surface area contributed by atoms with Gasteiger partial charge < -0.3 is 5.43 Å². The Labute approximate surface area is 114 Å². The van der Waals surface area contributed by atoms with E-state index in [4.69, 9.17) is 5.84 Å². The number of sulfonamides is 1. The quantitative estimate of drug-likeness (QED) is 0.642. The van der Waals surface area contributed by atoms with E-state index in [9.17, 15) is 8.42 Å². The van der Waals surface area contributed by atoms with Crippen LogP contribution in [0.15, 0.2) is 23.4 Å². The molecular weight excluding hydrogens is 264 g/mol. The lowest BCUT2D eigenvalue weighted by molar-refractivity contribution is 0.417. The van der Waals surface area contributed by atoms with Crippen LogP contribution < -0.4 is 11.3 Å². The summed E-state index contributed by atoms with van der Waals surface area (Å²) in [6.45, 7) is 3.28. The van der Waals surface area contributed by atoms with Crippen LogP contribution in [0.1, 0.15) is 26.2 Å². The molecule has 2 rings (SSSR count). The van der Waals surface area contributed by atoms with Gasteiger partial charge in [-0.2, -0.15) is 4.31 Å². The number of hydrogen-bond acceptors (Lipinski definition) is 5. The van der Waals surface area contributed by atoms with Gasteiger partial charge in [0.15, 0.2) is 0 Å². The highest BCUT2D eigenvalue weighted by molar-refractivity contribution is 7.89. The second kappa shape index (κ2) is 5.85. The van der Waals surface area contributed by atoms with Crippen molar-refractivity contribution in [2.75, 3.05) is 18.5 Å². The fourth-order valence-corrected chi connectivity index (χ4v) is 3.91. The van der Waals surface area contributed by atoms with E-state index >= 15 is 0 Å². The molecule has 0 spiro atoms. The number of aromatic nitrogens is 1. The molecule has 1 aromatic heterocycles. The van der Waals surface area contributed by atoms with E-state index in [0.29, 0.717) is 24.7 Å². The Kier molecular flexibility index (Phi) is 4.38. The van der Waals surface area contributed by atoms with Gasteiger partial charge in [0, 0.05) is 25.5 Å². The number of hydrazine groups is 1. The van der Waals surface area contributed by atoms with Crippen LogP contribution >= 0.6 is 0 Å². The van der Waals surface area contributed by atoms with Gasteiger partial charge >= 0.3 is 0 Å². The first kappa shape index (κ1) is 14.2. The molecule has 106 valence electrons. The largest absolute Gasteiger partial charge is 0.323 e. The van der Waals surface area contributed by atoms with Crippen molar-refractivity contribution < 1.29 is 8.42 Å². The fraction of sp³-hybridized carbons (Fsp3) is 0.583. The third kappa shape index (κ3) is 3.05. The zero-order chi connectivity index (χ0) is 13.9. The molecule has 1 atom stereocenters. The molecule has 0 radical (unpaired) electrons. The third-order valence-electron chi connectivity index (χ3n) is 3.53. The Morgan fingerprint density at radius 1 is 1.42 bits per heavy atom. The van der Waals surface area contributed by atoms with Crippen LogP contribution in [-0.2, 0) is 10.0 Å². The monoisotopic (exact) mass is 284 g/mol. The van der Waals surface area contributed by atoms with Crippen LogP contribution in [-0.4, -0.2) is 30.8 Å². The van der Waals surface area contributed by atoms with Crippen molar-refractivity contribution in [3.63, 3.8) is 0 Å². The molecule has 0 amide bonds. The molecule has 1 aromatic rings. The van der Waals surface area contributed by atoms with Gasteiger partial charge in [-0.05, 0) is 31.2 Å². The number of hydrogen-bond donors (Lipinski definition) is 2. The summed E-state index contributed by atoms with van der Waals surface area (Å²) in [5.74, 6) is 5.94. The lowest BCUT2D eigenvalue weighted by Gasteiger charge is -2.21. The predicted molar refractivity (Wildman–Crippen MR) is 73.8 cm³/mol. The minimum atomic E-state index is -3.52. The zero-order valence-electron chi connectivity index (χ0n) is 11.0. The van der Waals surface area contributed by atoms with Crippen LogP contribution in [0.5, 0.6) is 0 Å². The Bertz CT molecular complexity index is 532. The van der Waals surface area contributed by atoms with Crippen LogP contribution in [0.4, 0.5) is 5.69 Å². The number of pyridine rings is 1. The van der Waals surface area contributed by atoms with Gasteiger partial charge in [-0.3, -0.25) is 10.8 Å². The van der Waals surface area contributed by atoms with E-state index in [2.05, 4.69) is 17.3 Å². The first-order valence-corrected chi connectivity index (χ1v) is 7.90. The van der Waals surface area contributed by atoms with Gasteiger partial charge in [0.1, 0.15) is 4.90 Å². The Morgan fingerprint density at radius 3 is 2.95 bits per heavy atom. The zero-order valence-corrected chi connectivity index (χ0v) is 11.9. The van der Waals surface area contributed by atoms with E-state index in [1.165, 1.54) is 16.7 Å². The predicted octanol–water partition coefficient (Wildman–Crippen LogP) is 1.18. The van der Waals surface area contributed by atoms with E-state index < -0.39 is 10.0 Å². The molecule has 1 aliphatic rings. The lowest BCUT2D eigenvalue weighted by atomic mass is 10.0. The standard InChI is InChI=1S/C12H20N4O2S/c1-10-3-2-7-16(8-5-10)19(17,18)12-9-14-6-4-11(12)15-13/h4,6,9-10H,2-3,5,7-8,13H2,1H3,(H,14,15). The molecule has 7 heteroatoms. The van der Waals surface area contributed by atoms with Gasteiger partial charge in [0.2, 0.25) is 10.0 Å².